The van der Waals surface area contributed by atoms with E-state index in [0.717, 1.165) is 13.1 Å². The van der Waals surface area contributed by atoms with Gasteiger partial charge in [0.25, 0.3) is 5.91 Å². The van der Waals surface area contributed by atoms with Crippen LogP contribution in [0.2, 0.25) is 0 Å². The van der Waals surface area contributed by atoms with E-state index in [4.69, 9.17) is 4.74 Å². The van der Waals surface area contributed by atoms with Crippen molar-refractivity contribution in [3.63, 3.8) is 0 Å². The lowest BCUT2D eigenvalue weighted by molar-refractivity contribution is -0.144. The second-order valence-corrected chi connectivity index (χ2v) is 6.58. The first-order chi connectivity index (χ1) is 10.1. The number of nitrogens with one attached hydrogen (secondary N) is 1. The lowest BCUT2D eigenvalue weighted by atomic mass is 9.96. The van der Waals surface area contributed by atoms with E-state index in [1.54, 1.807) is 20.8 Å². The first-order valence-corrected chi connectivity index (χ1v) is 7.79. The molecule has 0 radical (unpaired) electrons. The molecule has 0 aromatic carbocycles. The van der Waals surface area contributed by atoms with Gasteiger partial charge in [-0.2, -0.15) is 0 Å². The Labute approximate surface area is 132 Å². The zero-order valence-corrected chi connectivity index (χ0v) is 14.2. The van der Waals surface area contributed by atoms with Gasteiger partial charge in [0.15, 0.2) is 0 Å². The zero-order chi connectivity index (χ0) is 17.0. The minimum Gasteiger partial charge on any atom is -0.444 e. The molecule has 1 N–H and O–H groups in total. The molecule has 0 aliphatic carbocycles. The third kappa shape index (κ3) is 5.12. The molecule has 1 rings (SSSR count). The summed E-state index contributed by atoms with van der Waals surface area (Å²) in [5, 5.41) is 2.60. The number of rotatable bonds is 6. The molecule has 0 atom stereocenters. The van der Waals surface area contributed by atoms with Crippen molar-refractivity contribution in [2.75, 3.05) is 39.3 Å². The van der Waals surface area contributed by atoms with Gasteiger partial charge >= 0.3 is 6.09 Å². The quantitative estimate of drug-likeness (QED) is 0.804. The van der Waals surface area contributed by atoms with Crippen LogP contribution >= 0.6 is 0 Å². The normalized spacial score (nSPS) is 17.1. The number of nitrogens with zero attached hydrogens (tertiary/aromatic N) is 2. The van der Waals surface area contributed by atoms with Crippen LogP contribution in [0.3, 0.4) is 0 Å². The van der Waals surface area contributed by atoms with Crippen molar-refractivity contribution in [3.05, 3.63) is 0 Å². The molecule has 1 aliphatic rings. The van der Waals surface area contributed by atoms with Gasteiger partial charge < -0.3 is 19.9 Å². The Hall–Kier alpha value is -1.37. The summed E-state index contributed by atoms with van der Waals surface area (Å²) in [4.78, 5) is 26.9. The number of amides is 2. The molecule has 0 saturated carbocycles. The van der Waals surface area contributed by atoms with Gasteiger partial charge in [-0.3, -0.25) is 4.79 Å². The van der Waals surface area contributed by atoms with Gasteiger partial charge in [0.1, 0.15) is 5.60 Å². The number of likely N-dealkylation sites (N-methyl/N-ethyl adjacent to an activating group) is 1. The molecule has 0 spiro atoms. The van der Waals surface area contributed by atoms with Crippen molar-refractivity contribution in [2.24, 2.45) is 0 Å². The van der Waals surface area contributed by atoms with E-state index >= 15 is 0 Å². The summed E-state index contributed by atoms with van der Waals surface area (Å²) in [6.45, 7) is 11.7. The third-order valence-corrected chi connectivity index (χ3v) is 3.55. The second-order valence-electron chi connectivity index (χ2n) is 6.58. The predicted molar refractivity (Wildman–Crippen MR) is 82.4 cm³/mol. The summed E-state index contributed by atoms with van der Waals surface area (Å²) >= 11 is 0. The first kappa shape index (κ1) is 18.7. The largest absolute Gasteiger partial charge is 0.444 e. The van der Waals surface area contributed by atoms with E-state index in [0.29, 0.717) is 13.1 Å². The van der Waals surface area contributed by atoms with Gasteiger partial charge in [0.2, 0.25) is 5.67 Å². The smallest absolute Gasteiger partial charge is 0.410 e. The SMILES string of the molecule is CCN(CC)CCNC(=O)C1(F)CN(C(=O)OC(C)(C)C)C1. The molecule has 1 fully saturated rings. The van der Waals surface area contributed by atoms with Crippen LogP contribution in [0.15, 0.2) is 0 Å². The van der Waals surface area contributed by atoms with Crippen molar-refractivity contribution in [1.29, 1.82) is 0 Å². The van der Waals surface area contributed by atoms with Crippen molar-refractivity contribution < 1.29 is 18.7 Å². The molecule has 0 aromatic heterocycles. The summed E-state index contributed by atoms with van der Waals surface area (Å²) in [5.74, 6) is -0.653. The number of alkyl halides is 1. The molecule has 0 aromatic rings. The Morgan fingerprint density at radius 3 is 2.27 bits per heavy atom. The average molecular weight is 317 g/mol. The predicted octanol–water partition coefficient (Wildman–Crippen LogP) is 1.40. The Morgan fingerprint density at radius 2 is 1.82 bits per heavy atom. The molecule has 128 valence electrons. The maximum absolute atomic E-state index is 14.4. The van der Waals surface area contributed by atoms with Crippen molar-refractivity contribution in [3.8, 4) is 0 Å². The highest BCUT2D eigenvalue weighted by Gasteiger charge is 2.52. The lowest BCUT2D eigenvalue weighted by Crippen LogP contribution is -2.68. The summed E-state index contributed by atoms with van der Waals surface area (Å²) in [6, 6.07) is 0. The Bertz CT molecular complexity index is 399. The summed E-state index contributed by atoms with van der Waals surface area (Å²) in [7, 11) is 0. The monoisotopic (exact) mass is 317 g/mol. The van der Waals surface area contributed by atoms with Crippen LogP contribution in [-0.4, -0.2) is 72.3 Å². The molecule has 22 heavy (non-hydrogen) atoms. The Balaban J connectivity index is 2.35. The van der Waals surface area contributed by atoms with E-state index in [2.05, 4.69) is 10.2 Å². The number of carbonyl (C=O) groups is 2. The number of ether oxygens (including phenoxy) is 1. The number of hydrogen-bond acceptors (Lipinski definition) is 4. The topological polar surface area (TPSA) is 61.9 Å². The van der Waals surface area contributed by atoms with Gasteiger partial charge in [-0.05, 0) is 33.9 Å². The lowest BCUT2D eigenvalue weighted by Gasteiger charge is -2.43. The number of halogens is 1. The second kappa shape index (κ2) is 7.26. The molecule has 1 aliphatic heterocycles. The van der Waals surface area contributed by atoms with Gasteiger partial charge in [-0.15, -0.1) is 0 Å². The minimum atomic E-state index is -2.00. The van der Waals surface area contributed by atoms with Crippen molar-refractivity contribution in [1.82, 2.24) is 15.1 Å². The van der Waals surface area contributed by atoms with Crippen LogP contribution in [0, 0.1) is 0 Å². The van der Waals surface area contributed by atoms with E-state index in [9.17, 15) is 14.0 Å². The van der Waals surface area contributed by atoms with E-state index in [-0.39, 0.29) is 13.1 Å². The van der Waals surface area contributed by atoms with Gasteiger partial charge in [0, 0.05) is 13.1 Å². The molecular weight excluding hydrogens is 289 g/mol. The van der Waals surface area contributed by atoms with Crippen LogP contribution in [-0.2, 0) is 9.53 Å². The molecule has 6 nitrogen and oxygen atoms in total. The molecular formula is C15H28FN3O3. The summed E-state index contributed by atoms with van der Waals surface area (Å²) in [5.41, 5.74) is -2.63. The van der Waals surface area contributed by atoms with E-state index in [1.807, 2.05) is 13.8 Å². The van der Waals surface area contributed by atoms with Crippen LogP contribution in [0.25, 0.3) is 0 Å². The molecule has 7 heteroatoms. The van der Waals surface area contributed by atoms with Gasteiger partial charge in [0.05, 0.1) is 13.1 Å². The standard InChI is InChI=1S/C15H28FN3O3/c1-6-18(7-2)9-8-17-12(20)15(16)10-19(11-15)13(21)22-14(3,4)5/h6-11H2,1-5H3,(H,17,20). The minimum absolute atomic E-state index is 0.251. The maximum atomic E-state index is 14.4. The number of carbonyl (C=O) groups excluding carboxylic acids is 2. The van der Waals surface area contributed by atoms with Crippen LogP contribution < -0.4 is 5.32 Å². The molecule has 1 saturated heterocycles. The van der Waals surface area contributed by atoms with Crippen LogP contribution in [0.4, 0.5) is 9.18 Å². The highest BCUT2D eigenvalue weighted by atomic mass is 19.1. The Morgan fingerprint density at radius 1 is 1.27 bits per heavy atom. The summed E-state index contributed by atoms with van der Waals surface area (Å²) < 4.78 is 19.5. The fourth-order valence-electron chi connectivity index (χ4n) is 2.18. The fourth-order valence-corrected chi connectivity index (χ4v) is 2.18. The average Bonchev–Trinajstić information content (AvgIpc) is 2.37. The van der Waals surface area contributed by atoms with E-state index < -0.39 is 23.3 Å². The van der Waals surface area contributed by atoms with Crippen LogP contribution in [0.1, 0.15) is 34.6 Å². The van der Waals surface area contributed by atoms with E-state index in [1.165, 1.54) is 4.90 Å². The van der Waals surface area contributed by atoms with Crippen molar-refractivity contribution >= 4 is 12.0 Å². The molecule has 1 heterocycles. The Kier molecular flexibility index (Phi) is 6.17. The maximum Gasteiger partial charge on any atom is 0.410 e. The highest BCUT2D eigenvalue weighted by molar-refractivity contribution is 5.88. The molecule has 2 amide bonds. The van der Waals surface area contributed by atoms with Crippen molar-refractivity contribution in [2.45, 2.75) is 45.9 Å². The number of likely N-dealkylation sites (tertiary alicyclic amines) is 1. The first-order valence-electron chi connectivity index (χ1n) is 7.79. The third-order valence-electron chi connectivity index (χ3n) is 3.55. The highest BCUT2D eigenvalue weighted by Crippen LogP contribution is 2.27. The summed E-state index contributed by atoms with van der Waals surface area (Å²) in [6.07, 6.45) is -0.586. The van der Waals surface area contributed by atoms with Gasteiger partial charge in [-0.25, -0.2) is 9.18 Å². The zero-order valence-electron chi connectivity index (χ0n) is 14.2. The number of hydrogen-bond donors (Lipinski definition) is 1. The molecule has 0 bridgehead atoms. The van der Waals surface area contributed by atoms with Crippen LogP contribution in [0.5, 0.6) is 0 Å². The molecule has 0 unspecified atom stereocenters. The van der Waals surface area contributed by atoms with Gasteiger partial charge in [-0.1, -0.05) is 13.8 Å². The fraction of sp³-hybridized carbons (Fsp3) is 0.867.